The van der Waals surface area contributed by atoms with Crippen molar-refractivity contribution >= 4 is 17.5 Å². The van der Waals surface area contributed by atoms with E-state index in [9.17, 15) is 18.4 Å². The summed E-state index contributed by atoms with van der Waals surface area (Å²) in [5.74, 6) is -2.50. The second kappa shape index (κ2) is 7.29. The number of benzene rings is 2. The number of amides is 2. The van der Waals surface area contributed by atoms with Gasteiger partial charge in [0.1, 0.15) is 12.4 Å². The van der Waals surface area contributed by atoms with Crippen LogP contribution in [0.1, 0.15) is 5.56 Å². The maximum atomic E-state index is 13.1. The molecule has 5 nitrogen and oxygen atoms in total. The second-order valence-electron chi connectivity index (χ2n) is 5.71. The van der Waals surface area contributed by atoms with Gasteiger partial charge >= 0.3 is 0 Å². The van der Waals surface area contributed by atoms with Crippen molar-refractivity contribution in [2.24, 2.45) is 5.92 Å². The molecule has 0 aliphatic carbocycles. The van der Waals surface area contributed by atoms with Crippen LogP contribution in [0.5, 0.6) is 5.75 Å². The topological polar surface area (TPSA) is 67.4 Å². The number of ether oxygens (including phenoxy) is 1. The minimum absolute atomic E-state index is 0.119. The summed E-state index contributed by atoms with van der Waals surface area (Å²) in [5, 5.41) is 4.92. The first-order valence-corrected chi connectivity index (χ1v) is 7.76. The molecular formula is C18H16F2N2O3. The molecule has 2 aromatic carbocycles. The van der Waals surface area contributed by atoms with E-state index in [1.807, 2.05) is 24.3 Å². The number of hydrogen-bond acceptors (Lipinski definition) is 3. The second-order valence-corrected chi connectivity index (χ2v) is 5.71. The Morgan fingerprint density at radius 1 is 1.12 bits per heavy atom. The summed E-state index contributed by atoms with van der Waals surface area (Å²) in [6, 6.07) is 10.5. The van der Waals surface area contributed by atoms with Crippen LogP contribution in [0.2, 0.25) is 0 Å². The van der Waals surface area contributed by atoms with Gasteiger partial charge in [0.2, 0.25) is 11.8 Å². The summed E-state index contributed by atoms with van der Waals surface area (Å²) in [4.78, 5) is 24.0. The number of halogens is 2. The van der Waals surface area contributed by atoms with Crippen LogP contribution in [0, 0.1) is 17.6 Å². The fourth-order valence-electron chi connectivity index (χ4n) is 2.59. The van der Waals surface area contributed by atoms with Gasteiger partial charge in [0.25, 0.3) is 0 Å². The smallest absolute Gasteiger partial charge is 0.243 e. The zero-order valence-electron chi connectivity index (χ0n) is 13.2. The van der Waals surface area contributed by atoms with E-state index in [1.54, 1.807) is 0 Å². The average Bonchev–Trinajstić information content (AvgIpc) is 2.62. The normalized spacial score (nSPS) is 15.7. The van der Waals surface area contributed by atoms with Gasteiger partial charge in [-0.2, -0.15) is 0 Å². The van der Waals surface area contributed by atoms with Crippen molar-refractivity contribution in [3.63, 3.8) is 0 Å². The third-order valence-corrected chi connectivity index (χ3v) is 3.88. The molecular weight excluding hydrogens is 330 g/mol. The number of anilines is 1. The van der Waals surface area contributed by atoms with E-state index in [1.165, 1.54) is 6.07 Å². The quantitative estimate of drug-likeness (QED) is 0.892. The van der Waals surface area contributed by atoms with E-state index < -0.39 is 17.5 Å². The minimum Gasteiger partial charge on any atom is -0.492 e. The Morgan fingerprint density at radius 3 is 2.72 bits per heavy atom. The Balaban J connectivity index is 1.50. The fraction of sp³-hybridized carbons (Fsp3) is 0.222. The number of carbonyl (C=O) groups excluding carboxylic acids is 2. The van der Waals surface area contributed by atoms with Crippen LogP contribution in [0.4, 0.5) is 14.5 Å². The SMILES string of the molecule is O=C(CNC(=O)[C@H]1COc2ccccc2C1)Nc1ccc(F)c(F)c1. The van der Waals surface area contributed by atoms with Crippen LogP contribution in [0.15, 0.2) is 42.5 Å². The lowest BCUT2D eigenvalue weighted by atomic mass is 9.96. The number of fused-ring (bicyclic) bond motifs is 1. The van der Waals surface area contributed by atoms with Crippen molar-refractivity contribution in [2.45, 2.75) is 6.42 Å². The molecule has 7 heteroatoms. The molecule has 1 aliphatic rings. The highest BCUT2D eigenvalue weighted by atomic mass is 19.2. The van der Waals surface area contributed by atoms with Gasteiger partial charge in [-0.3, -0.25) is 9.59 Å². The van der Waals surface area contributed by atoms with E-state index in [-0.39, 0.29) is 30.7 Å². The molecule has 0 unspecified atom stereocenters. The minimum atomic E-state index is -1.06. The Morgan fingerprint density at radius 2 is 1.92 bits per heavy atom. The van der Waals surface area contributed by atoms with E-state index in [0.717, 1.165) is 23.4 Å². The molecule has 0 aromatic heterocycles. The standard InChI is InChI=1S/C18H16F2N2O3/c19-14-6-5-13(8-15(14)20)22-17(23)9-21-18(24)12-7-11-3-1-2-4-16(11)25-10-12/h1-6,8,12H,7,9-10H2,(H,21,24)(H,22,23)/t12-/m1/s1. The molecule has 2 amide bonds. The van der Waals surface area contributed by atoms with E-state index in [2.05, 4.69) is 10.6 Å². The summed E-state index contributed by atoms with van der Waals surface area (Å²) < 4.78 is 31.5. The molecule has 0 radical (unpaired) electrons. The Labute approximate surface area is 143 Å². The van der Waals surface area contributed by atoms with Crippen LogP contribution >= 0.6 is 0 Å². The molecule has 1 aliphatic heterocycles. The summed E-state index contributed by atoms with van der Waals surface area (Å²) in [5.41, 5.74) is 1.06. The van der Waals surface area contributed by atoms with Gasteiger partial charge < -0.3 is 15.4 Å². The summed E-state index contributed by atoms with van der Waals surface area (Å²) in [6.07, 6.45) is 0.535. The summed E-state index contributed by atoms with van der Waals surface area (Å²) >= 11 is 0. The van der Waals surface area contributed by atoms with Crippen LogP contribution in [-0.4, -0.2) is 25.0 Å². The molecule has 0 bridgehead atoms. The average molecular weight is 346 g/mol. The summed E-state index contributed by atoms with van der Waals surface area (Å²) in [7, 11) is 0. The lowest BCUT2D eigenvalue weighted by Crippen LogP contribution is -2.40. The Kier molecular flexibility index (Phi) is 4.92. The van der Waals surface area contributed by atoms with Crippen molar-refractivity contribution in [2.75, 3.05) is 18.5 Å². The molecule has 3 rings (SSSR count). The van der Waals surface area contributed by atoms with Crippen molar-refractivity contribution in [3.05, 3.63) is 59.7 Å². The van der Waals surface area contributed by atoms with Gasteiger partial charge in [0.15, 0.2) is 11.6 Å². The number of carbonyl (C=O) groups is 2. The first-order valence-electron chi connectivity index (χ1n) is 7.76. The van der Waals surface area contributed by atoms with Gasteiger partial charge in [0, 0.05) is 11.8 Å². The predicted molar refractivity (Wildman–Crippen MR) is 87.1 cm³/mol. The molecule has 2 aromatic rings. The molecule has 2 N–H and O–H groups in total. The first kappa shape index (κ1) is 16.9. The number of rotatable bonds is 4. The Bertz CT molecular complexity index is 811. The largest absolute Gasteiger partial charge is 0.492 e. The zero-order valence-corrected chi connectivity index (χ0v) is 13.2. The highest BCUT2D eigenvalue weighted by molar-refractivity contribution is 5.94. The van der Waals surface area contributed by atoms with Crippen LogP contribution in [0.25, 0.3) is 0 Å². The number of nitrogens with one attached hydrogen (secondary N) is 2. The lowest BCUT2D eigenvalue weighted by molar-refractivity contribution is -0.128. The lowest BCUT2D eigenvalue weighted by Gasteiger charge is -2.24. The highest BCUT2D eigenvalue weighted by Gasteiger charge is 2.25. The molecule has 1 atom stereocenters. The molecule has 0 saturated heterocycles. The van der Waals surface area contributed by atoms with Gasteiger partial charge in [-0.25, -0.2) is 8.78 Å². The van der Waals surface area contributed by atoms with Crippen molar-refractivity contribution in [1.82, 2.24) is 5.32 Å². The van der Waals surface area contributed by atoms with Gasteiger partial charge in [0.05, 0.1) is 12.5 Å². The number of hydrogen-bond donors (Lipinski definition) is 2. The molecule has 0 fully saturated rings. The number of para-hydroxylation sites is 1. The molecule has 0 spiro atoms. The van der Waals surface area contributed by atoms with Crippen molar-refractivity contribution in [3.8, 4) is 5.75 Å². The van der Waals surface area contributed by atoms with E-state index in [0.29, 0.717) is 6.42 Å². The third-order valence-electron chi connectivity index (χ3n) is 3.88. The van der Waals surface area contributed by atoms with Crippen LogP contribution in [0.3, 0.4) is 0 Å². The first-order chi connectivity index (χ1) is 12.0. The monoisotopic (exact) mass is 346 g/mol. The van der Waals surface area contributed by atoms with E-state index in [4.69, 9.17) is 4.74 Å². The molecule has 1 heterocycles. The van der Waals surface area contributed by atoms with Crippen molar-refractivity contribution < 1.29 is 23.1 Å². The highest BCUT2D eigenvalue weighted by Crippen LogP contribution is 2.26. The predicted octanol–water partition coefficient (Wildman–Crippen LogP) is 2.27. The molecule has 130 valence electrons. The maximum absolute atomic E-state index is 13.1. The molecule has 25 heavy (non-hydrogen) atoms. The Hall–Kier alpha value is -2.96. The van der Waals surface area contributed by atoms with E-state index >= 15 is 0 Å². The maximum Gasteiger partial charge on any atom is 0.243 e. The molecule has 0 saturated carbocycles. The fourth-order valence-corrected chi connectivity index (χ4v) is 2.59. The van der Waals surface area contributed by atoms with Gasteiger partial charge in [-0.05, 0) is 30.2 Å². The van der Waals surface area contributed by atoms with Crippen LogP contribution in [-0.2, 0) is 16.0 Å². The van der Waals surface area contributed by atoms with Crippen molar-refractivity contribution in [1.29, 1.82) is 0 Å². The van der Waals surface area contributed by atoms with Crippen LogP contribution < -0.4 is 15.4 Å². The third kappa shape index (κ3) is 4.12. The van der Waals surface area contributed by atoms with Gasteiger partial charge in [-0.1, -0.05) is 18.2 Å². The summed E-state index contributed by atoms with van der Waals surface area (Å²) in [6.45, 7) is -0.0242. The van der Waals surface area contributed by atoms with Gasteiger partial charge in [-0.15, -0.1) is 0 Å². The zero-order chi connectivity index (χ0) is 17.8.